The zero-order chi connectivity index (χ0) is 18.5. The van der Waals surface area contributed by atoms with Crippen molar-refractivity contribution >= 4 is 34.9 Å². The second kappa shape index (κ2) is 8.19. The Morgan fingerprint density at radius 3 is 2.38 bits per heavy atom. The van der Waals surface area contributed by atoms with Crippen LogP contribution in [0.5, 0.6) is 0 Å². The highest BCUT2D eigenvalue weighted by Crippen LogP contribution is 2.23. The molecule has 0 aromatic heterocycles. The lowest BCUT2D eigenvalue weighted by molar-refractivity contribution is -0.121. The lowest BCUT2D eigenvalue weighted by Crippen LogP contribution is -2.43. The van der Waals surface area contributed by atoms with Crippen LogP contribution in [-0.2, 0) is 4.79 Å². The number of piperidine rings is 1. The quantitative estimate of drug-likeness (QED) is 0.837. The molecule has 136 valence electrons. The predicted octanol–water partition coefficient (Wildman–Crippen LogP) is 4.36. The number of amides is 3. The van der Waals surface area contributed by atoms with E-state index in [1.54, 1.807) is 4.90 Å². The number of para-hydroxylation sites is 1. The number of urea groups is 1. The van der Waals surface area contributed by atoms with Crippen LogP contribution in [-0.4, -0.2) is 29.9 Å². The van der Waals surface area contributed by atoms with Gasteiger partial charge in [-0.25, -0.2) is 9.18 Å². The smallest absolute Gasteiger partial charge is 0.321 e. The Hall–Kier alpha value is -2.60. The molecule has 1 aliphatic rings. The van der Waals surface area contributed by atoms with Crippen LogP contribution in [0.4, 0.5) is 20.6 Å². The minimum absolute atomic E-state index is 0.114. The second-order valence-electron chi connectivity index (χ2n) is 6.17. The highest BCUT2D eigenvalue weighted by atomic mass is 35.5. The van der Waals surface area contributed by atoms with Crippen molar-refractivity contribution < 1.29 is 14.0 Å². The van der Waals surface area contributed by atoms with Gasteiger partial charge in [0.2, 0.25) is 5.91 Å². The van der Waals surface area contributed by atoms with Crippen molar-refractivity contribution in [3.8, 4) is 0 Å². The molecule has 2 aromatic rings. The first-order valence-corrected chi connectivity index (χ1v) is 8.77. The van der Waals surface area contributed by atoms with Crippen molar-refractivity contribution in [1.82, 2.24) is 4.90 Å². The highest BCUT2D eigenvalue weighted by Gasteiger charge is 2.27. The largest absolute Gasteiger partial charge is 0.324 e. The molecule has 0 saturated carbocycles. The maximum Gasteiger partial charge on any atom is 0.321 e. The zero-order valence-electron chi connectivity index (χ0n) is 14.0. The number of rotatable bonds is 3. The molecular weight excluding hydrogens is 357 g/mol. The van der Waals surface area contributed by atoms with Crippen LogP contribution in [0.1, 0.15) is 12.8 Å². The fraction of sp³-hybridized carbons (Fsp3) is 0.263. The Labute approximate surface area is 156 Å². The summed E-state index contributed by atoms with van der Waals surface area (Å²) in [5.74, 6) is -1.06. The Morgan fingerprint density at radius 2 is 1.73 bits per heavy atom. The SMILES string of the molecule is O=C(Nc1ccc(Cl)cc1F)C1CCN(C(=O)Nc2ccccc2)CC1. The molecule has 0 aliphatic carbocycles. The maximum absolute atomic E-state index is 13.8. The summed E-state index contributed by atoms with van der Waals surface area (Å²) in [7, 11) is 0. The van der Waals surface area contributed by atoms with Crippen molar-refractivity contribution in [2.24, 2.45) is 5.92 Å². The summed E-state index contributed by atoms with van der Waals surface area (Å²) in [4.78, 5) is 26.3. The maximum atomic E-state index is 13.8. The second-order valence-corrected chi connectivity index (χ2v) is 6.61. The Balaban J connectivity index is 1.51. The highest BCUT2D eigenvalue weighted by molar-refractivity contribution is 6.30. The van der Waals surface area contributed by atoms with Gasteiger partial charge in [0, 0.05) is 29.7 Å². The van der Waals surface area contributed by atoms with E-state index < -0.39 is 5.82 Å². The summed E-state index contributed by atoms with van der Waals surface area (Å²) < 4.78 is 13.8. The van der Waals surface area contributed by atoms with Gasteiger partial charge in [-0.15, -0.1) is 0 Å². The molecule has 26 heavy (non-hydrogen) atoms. The van der Waals surface area contributed by atoms with E-state index >= 15 is 0 Å². The average molecular weight is 376 g/mol. The van der Waals surface area contributed by atoms with Crippen molar-refractivity contribution in [2.75, 3.05) is 23.7 Å². The lowest BCUT2D eigenvalue weighted by atomic mass is 9.96. The molecule has 3 amide bonds. The number of anilines is 2. The Bertz CT molecular complexity index is 793. The van der Waals surface area contributed by atoms with E-state index in [9.17, 15) is 14.0 Å². The fourth-order valence-corrected chi connectivity index (χ4v) is 3.05. The molecule has 0 atom stereocenters. The molecule has 1 saturated heterocycles. The number of nitrogens with one attached hydrogen (secondary N) is 2. The molecular formula is C19H19ClFN3O2. The molecule has 1 aliphatic heterocycles. The molecule has 0 bridgehead atoms. The number of likely N-dealkylation sites (tertiary alicyclic amines) is 1. The molecule has 7 heteroatoms. The van der Waals surface area contributed by atoms with Crippen LogP contribution in [0.25, 0.3) is 0 Å². The van der Waals surface area contributed by atoms with E-state index in [0.717, 1.165) is 11.8 Å². The summed E-state index contributed by atoms with van der Waals surface area (Å²) in [6.45, 7) is 0.944. The molecule has 5 nitrogen and oxygen atoms in total. The van der Waals surface area contributed by atoms with Gasteiger partial charge in [0.15, 0.2) is 0 Å². The first kappa shape index (κ1) is 18.2. The van der Waals surface area contributed by atoms with Gasteiger partial charge < -0.3 is 15.5 Å². The fourth-order valence-electron chi connectivity index (χ4n) is 2.89. The van der Waals surface area contributed by atoms with E-state index in [1.165, 1.54) is 12.1 Å². The average Bonchev–Trinajstić information content (AvgIpc) is 2.65. The molecule has 2 aromatic carbocycles. The third-order valence-corrected chi connectivity index (χ3v) is 4.60. The van der Waals surface area contributed by atoms with Gasteiger partial charge in [-0.3, -0.25) is 4.79 Å². The van der Waals surface area contributed by atoms with Gasteiger partial charge in [-0.2, -0.15) is 0 Å². The predicted molar refractivity (Wildman–Crippen MR) is 99.8 cm³/mol. The van der Waals surface area contributed by atoms with Crippen molar-refractivity contribution in [3.63, 3.8) is 0 Å². The number of hydrogen-bond donors (Lipinski definition) is 2. The van der Waals surface area contributed by atoms with Crippen LogP contribution >= 0.6 is 11.6 Å². The molecule has 0 radical (unpaired) electrons. The van der Waals surface area contributed by atoms with Crippen molar-refractivity contribution in [2.45, 2.75) is 12.8 Å². The minimum atomic E-state index is -0.564. The molecule has 0 spiro atoms. The standard InChI is InChI=1S/C19H19ClFN3O2/c20-14-6-7-17(16(21)12-14)23-18(25)13-8-10-24(11-9-13)19(26)22-15-4-2-1-3-5-15/h1-7,12-13H,8-11H2,(H,22,26)(H,23,25). The van der Waals surface area contributed by atoms with Crippen LogP contribution < -0.4 is 10.6 Å². The lowest BCUT2D eigenvalue weighted by Gasteiger charge is -2.31. The number of halogens is 2. The number of nitrogens with zero attached hydrogens (tertiary/aromatic N) is 1. The van der Waals surface area contributed by atoms with Crippen molar-refractivity contribution in [3.05, 3.63) is 59.4 Å². The molecule has 1 heterocycles. The summed E-state index contributed by atoms with van der Waals surface area (Å²) in [5.41, 5.74) is 0.847. The summed E-state index contributed by atoms with van der Waals surface area (Å²) >= 11 is 5.71. The van der Waals surface area contributed by atoms with Gasteiger partial charge >= 0.3 is 6.03 Å². The van der Waals surface area contributed by atoms with E-state index in [1.807, 2.05) is 30.3 Å². The molecule has 2 N–H and O–H groups in total. The van der Waals surface area contributed by atoms with E-state index in [0.29, 0.717) is 25.9 Å². The van der Waals surface area contributed by atoms with Crippen molar-refractivity contribution in [1.29, 1.82) is 0 Å². The summed E-state index contributed by atoms with van der Waals surface area (Å²) in [6.07, 6.45) is 1.06. The van der Waals surface area contributed by atoms with Crippen LogP contribution in [0, 0.1) is 11.7 Å². The van der Waals surface area contributed by atoms with Gasteiger partial charge in [-0.1, -0.05) is 29.8 Å². The van der Waals surface area contributed by atoms with Crippen LogP contribution in [0.3, 0.4) is 0 Å². The topological polar surface area (TPSA) is 61.4 Å². The number of carbonyl (C=O) groups excluding carboxylic acids is 2. The number of hydrogen-bond acceptors (Lipinski definition) is 2. The van der Waals surface area contributed by atoms with Crippen LogP contribution in [0.2, 0.25) is 5.02 Å². The molecule has 3 rings (SSSR count). The van der Waals surface area contributed by atoms with Gasteiger partial charge in [0.05, 0.1) is 5.69 Å². The van der Waals surface area contributed by atoms with Gasteiger partial charge in [-0.05, 0) is 43.2 Å². The summed E-state index contributed by atoms with van der Waals surface area (Å²) in [5, 5.41) is 5.71. The molecule has 0 unspecified atom stereocenters. The third-order valence-electron chi connectivity index (χ3n) is 4.37. The first-order valence-electron chi connectivity index (χ1n) is 8.40. The van der Waals surface area contributed by atoms with Crippen LogP contribution in [0.15, 0.2) is 48.5 Å². The van der Waals surface area contributed by atoms with Gasteiger partial charge in [0.1, 0.15) is 5.82 Å². The molecule has 1 fully saturated rings. The summed E-state index contributed by atoms with van der Waals surface area (Å²) in [6, 6.07) is 13.2. The number of benzene rings is 2. The normalized spacial score (nSPS) is 14.8. The minimum Gasteiger partial charge on any atom is -0.324 e. The number of carbonyl (C=O) groups is 2. The van der Waals surface area contributed by atoms with Gasteiger partial charge in [0.25, 0.3) is 0 Å². The monoisotopic (exact) mass is 375 g/mol. The Morgan fingerprint density at radius 1 is 1.04 bits per heavy atom. The third kappa shape index (κ3) is 4.52. The first-order chi connectivity index (χ1) is 12.5. The van der Waals surface area contributed by atoms with E-state index in [4.69, 9.17) is 11.6 Å². The van der Waals surface area contributed by atoms with E-state index in [2.05, 4.69) is 10.6 Å². The zero-order valence-corrected chi connectivity index (χ0v) is 14.8. The Kier molecular flexibility index (Phi) is 5.73. The van der Waals surface area contributed by atoms with E-state index in [-0.39, 0.29) is 28.6 Å².